The molecule has 0 heterocycles. The molecule has 1 saturated carbocycles. The number of carboxylic acids is 1. The van der Waals surface area contributed by atoms with Crippen LogP contribution in [0.5, 0.6) is 0 Å². The summed E-state index contributed by atoms with van der Waals surface area (Å²) in [7, 11) is 1.44. The van der Waals surface area contributed by atoms with Gasteiger partial charge in [0, 0.05) is 24.9 Å². The van der Waals surface area contributed by atoms with Gasteiger partial charge in [0.25, 0.3) is 0 Å². The zero-order chi connectivity index (χ0) is 15.0. The zero-order valence-corrected chi connectivity index (χ0v) is 12.9. The molecule has 0 aromatic carbocycles. The molecule has 0 spiro atoms. The van der Waals surface area contributed by atoms with Crippen LogP contribution in [0.4, 0.5) is 4.79 Å². The van der Waals surface area contributed by atoms with Crippen molar-refractivity contribution < 1.29 is 19.4 Å². The summed E-state index contributed by atoms with van der Waals surface area (Å²) in [5, 5.41) is 15.0. The minimum atomic E-state index is -0.936. The first kappa shape index (κ1) is 17.1. The van der Waals surface area contributed by atoms with E-state index in [4.69, 9.17) is 9.84 Å². The standard InChI is InChI=1S/C13H24N2O4S/c1-19-10(7-12(16)17)8-14-13(18)15-9-3-5-11(20-2)6-4-9/h9-11H,3-8H2,1-2H3,(H,16,17)(H2,14,15,18). The maximum Gasteiger partial charge on any atom is 0.315 e. The molecule has 0 radical (unpaired) electrons. The molecule has 0 aliphatic heterocycles. The van der Waals surface area contributed by atoms with E-state index in [0.29, 0.717) is 5.25 Å². The van der Waals surface area contributed by atoms with Crippen LogP contribution in [0.25, 0.3) is 0 Å². The number of methoxy groups -OCH3 is 1. The van der Waals surface area contributed by atoms with Crippen molar-refractivity contribution in [1.82, 2.24) is 10.6 Å². The van der Waals surface area contributed by atoms with E-state index in [9.17, 15) is 9.59 Å². The van der Waals surface area contributed by atoms with Crippen molar-refractivity contribution in [2.24, 2.45) is 0 Å². The number of hydrogen-bond donors (Lipinski definition) is 3. The molecule has 1 atom stereocenters. The van der Waals surface area contributed by atoms with Gasteiger partial charge in [-0.15, -0.1) is 0 Å². The number of carbonyl (C=O) groups excluding carboxylic acids is 1. The van der Waals surface area contributed by atoms with Crippen molar-refractivity contribution in [3.8, 4) is 0 Å². The third-order valence-corrected chi connectivity index (χ3v) is 4.71. The van der Waals surface area contributed by atoms with Crippen LogP contribution >= 0.6 is 11.8 Å². The molecule has 0 saturated heterocycles. The first-order valence-electron chi connectivity index (χ1n) is 6.87. The molecule has 2 amide bonds. The lowest BCUT2D eigenvalue weighted by Gasteiger charge is -2.28. The molecular formula is C13H24N2O4S. The monoisotopic (exact) mass is 304 g/mol. The quantitative estimate of drug-likeness (QED) is 0.662. The fourth-order valence-corrected chi connectivity index (χ4v) is 3.06. The molecule has 7 heteroatoms. The van der Waals surface area contributed by atoms with E-state index < -0.39 is 12.1 Å². The van der Waals surface area contributed by atoms with Crippen LogP contribution in [0.1, 0.15) is 32.1 Å². The highest BCUT2D eigenvalue weighted by atomic mass is 32.2. The van der Waals surface area contributed by atoms with Gasteiger partial charge in [-0.05, 0) is 31.9 Å². The lowest BCUT2D eigenvalue weighted by Crippen LogP contribution is -2.46. The predicted octanol–water partition coefficient (Wildman–Crippen LogP) is 1.45. The van der Waals surface area contributed by atoms with Crippen LogP contribution in [0.3, 0.4) is 0 Å². The average molecular weight is 304 g/mol. The fourth-order valence-electron chi connectivity index (χ4n) is 2.32. The molecule has 20 heavy (non-hydrogen) atoms. The van der Waals surface area contributed by atoms with Crippen molar-refractivity contribution in [1.29, 1.82) is 0 Å². The number of carbonyl (C=O) groups is 2. The number of rotatable bonds is 7. The van der Waals surface area contributed by atoms with E-state index in [1.807, 2.05) is 11.8 Å². The van der Waals surface area contributed by atoms with Crippen LogP contribution in [0, 0.1) is 0 Å². The maximum atomic E-state index is 11.7. The Morgan fingerprint density at radius 1 is 1.35 bits per heavy atom. The van der Waals surface area contributed by atoms with Gasteiger partial charge in [0.1, 0.15) is 0 Å². The van der Waals surface area contributed by atoms with Crippen molar-refractivity contribution in [2.75, 3.05) is 19.9 Å². The van der Waals surface area contributed by atoms with Gasteiger partial charge < -0.3 is 20.5 Å². The smallest absolute Gasteiger partial charge is 0.315 e. The number of aliphatic carboxylic acids is 1. The van der Waals surface area contributed by atoms with E-state index in [-0.39, 0.29) is 25.0 Å². The summed E-state index contributed by atoms with van der Waals surface area (Å²) in [5.41, 5.74) is 0. The van der Waals surface area contributed by atoms with Crippen LogP contribution in [0.15, 0.2) is 0 Å². The Morgan fingerprint density at radius 2 is 2.00 bits per heavy atom. The van der Waals surface area contributed by atoms with Gasteiger partial charge in [-0.1, -0.05) is 0 Å². The fraction of sp³-hybridized carbons (Fsp3) is 0.846. The lowest BCUT2D eigenvalue weighted by molar-refractivity contribution is -0.139. The topological polar surface area (TPSA) is 87.7 Å². The van der Waals surface area contributed by atoms with Crippen molar-refractivity contribution in [2.45, 2.75) is 49.5 Å². The summed E-state index contributed by atoms with van der Waals surface area (Å²) in [6, 6.07) is -0.0242. The number of nitrogens with one attached hydrogen (secondary N) is 2. The number of thioether (sulfide) groups is 1. The second-order valence-electron chi connectivity index (χ2n) is 5.02. The van der Waals surface area contributed by atoms with E-state index in [0.717, 1.165) is 25.7 Å². The Balaban J connectivity index is 2.21. The SMILES string of the molecule is COC(CNC(=O)NC1CCC(SC)CC1)CC(=O)O. The highest BCUT2D eigenvalue weighted by Gasteiger charge is 2.22. The highest BCUT2D eigenvalue weighted by Crippen LogP contribution is 2.26. The highest BCUT2D eigenvalue weighted by molar-refractivity contribution is 7.99. The summed E-state index contributed by atoms with van der Waals surface area (Å²) < 4.78 is 5.00. The Kier molecular flexibility index (Phi) is 7.76. The lowest BCUT2D eigenvalue weighted by atomic mass is 9.95. The van der Waals surface area contributed by atoms with Gasteiger partial charge in [0.05, 0.1) is 12.5 Å². The van der Waals surface area contributed by atoms with Crippen LogP contribution in [-0.4, -0.2) is 54.4 Å². The molecule has 1 aliphatic carbocycles. The Hall–Kier alpha value is -0.950. The van der Waals surface area contributed by atoms with Crippen LogP contribution in [0.2, 0.25) is 0 Å². The Morgan fingerprint density at radius 3 is 2.50 bits per heavy atom. The molecule has 3 N–H and O–H groups in total. The van der Waals surface area contributed by atoms with E-state index >= 15 is 0 Å². The van der Waals surface area contributed by atoms with Crippen molar-refractivity contribution >= 4 is 23.8 Å². The average Bonchev–Trinajstić information content (AvgIpc) is 2.44. The molecule has 0 aromatic rings. The van der Waals surface area contributed by atoms with Gasteiger partial charge in [-0.2, -0.15) is 11.8 Å². The summed E-state index contributed by atoms with van der Waals surface area (Å²) in [6.45, 7) is 0.203. The second-order valence-corrected chi connectivity index (χ2v) is 6.16. The summed E-state index contributed by atoms with van der Waals surface area (Å²) in [4.78, 5) is 22.3. The first-order valence-corrected chi connectivity index (χ1v) is 8.15. The van der Waals surface area contributed by atoms with E-state index in [2.05, 4.69) is 16.9 Å². The molecule has 6 nitrogen and oxygen atoms in total. The summed E-state index contributed by atoms with van der Waals surface area (Å²) in [5.74, 6) is -0.936. The summed E-state index contributed by atoms with van der Waals surface area (Å²) >= 11 is 1.89. The number of ether oxygens (including phenoxy) is 1. The Bertz CT molecular complexity index is 319. The number of amides is 2. The van der Waals surface area contributed by atoms with Crippen LogP contribution in [-0.2, 0) is 9.53 Å². The molecule has 1 rings (SSSR count). The molecule has 1 unspecified atom stereocenters. The van der Waals surface area contributed by atoms with Gasteiger partial charge in [0.2, 0.25) is 0 Å². The normalized spacial score (nSPS) is 23.9. The molecule has 1 aliphatic rings. The molecule has 116 valence electrons. The van der Waals surface area contributed by atoms with Gasteiger partial charge in [0.15, 0.2) is 0 Å². The molecule has 0 aromatic heterocycles. The van der Waals surface area contributed by atoms with Gasteiger partial charge >= 0.3 is 12.0 Å². The third-order valence-electron chi connectivity index (χ3n) is 3.57. The van der Waals surface area contributed by atoms with E-state index in [1.54, 1.807) is 0 Å². The Labute approximate surface area is 124 Å². The van der Waals surface area contributed by atoms with Gasteiger partial charge in [-0.25, -0.2) is 4.79 Å². The van der Waals surface area contributed by atoms with Gasteiger partial charge in [-0.3, -0.25) is 4.79 Å². The molecule has 1 fully saturated rings. The van der Waals surface area contributed by atoms with Crippen LogP contribution < -0.4 is 10.6 Å². The largest absolute Gasteiger partial charge is 0.481 e. The number of carboxylic acid groups (broad SMARTS) is 1. The third kappa shape index (κ3) is 6.47. The van der Waals surface area contributed by atoms with Crippen molar-refractivity contribution in [3.63, 3.8) is 0 Å². The molecule has 0 bridgehead atoms. The van der Waals surface area contributed by atoms with Crippen molar-refractivity contribution in [3.05, 3.63) is 0 Å². The second kappa shape index (κ2) is 9.07. The maximum absolute atomic E-state index is 11.7. The van der Waals surface area contributed by atoms with E-state index in [1.165, 1.54) is 7.11 Å². The first-order chi connectivity index (χ1) is 9.55. The minimum absolute atomic E-state index is 0.115. The number of urea groups is 1. The predicted molar refractivity (Wildman–Crippen MR) is 79.1 cm³/mol. The zero-order valence-electron chi connectivity index (χ0n) is 12.1. The summed E-state index contributed by atoms with van der Waals surface area (Å²) in [6.07, 6.45) is 5.78. The minimum Gasteiger partial charge on any atom is -0.481 e. The molecular weight excluding hydrogens is 280 g/mol. The number of hydrogen-bond acceptors (Lipinski definition) is 4.